The second-order valence-electron chi connectivity index (χ2n) is 8.55. The molecular weight excluding hydrogens is 360 g/mol. The number of aryl methyl sites for hydroxylation is 2. The van der Waals surface area contributed by atoms with Crippen molar-refractivity contribution in [1.82, 2.24) is 0 Å². The largest absolute Gasteiger partial charge is 0.489 e. The van der Waals surface area contributed by atoms with Crippen molar-refractivity contribution in [2.45, 2.75) is 60.5 Å². The number of anilines is 1. The average molecular weight is 389 g/mol. The number of alkyl halides is 2. The van der Waals surface area contributed by atoms with E-state index in [0.29, 0.717) is 17.7 Å². The summed E-state index contributed by atoms with van der Waals surface area (Å²) >= 11 is 0. The molecule has 1 N–H and O–H groups in total. The first-order chi connectivity index (χ1) is 12.9. The van der Waals surface area contributed by atoms with Crippen LogP contribution < -0.4 is 10.1 Å². The van der Waals surface area contributed by atoms with Crippen molar-refractivity contribution < 1.29 is 18.3 Å². The molecule has 2 rings (SSSR count). The van der Waals surface area contributed by atoms with E-state index in [-0.39, 0.29) is 23.5 Å². The van der Waals surface area contributed by atoms with E-state index in [0.717, 1.165) is 23.7 Å². The molecule has 0 saturated carbocycles. The summed E-state index contributed by atoms with van der Waals surface area (Å²) in [5.74, 6) is -2.38. The summed E-state index contributed by atoms with van der Waals surface area (Å²) in [5, 5.41) is 2.97. The quantitative estimate of drug-likeness (QED) is 0.623. The zero-order valence-electron chi connectivity index (χ0n) is 17.5. The van der Waals surface area contributed by atoms with E-state index in [1.54, 1.807) is 18.2 Å². The molecule has 0 spiro atoms. The number of carbonyl (C=O) groups is 1. The molecule has 1 amide bonds. The summed E-state index contributed by atoms with van der Waals surface area (Å²) in [5.41, 5.74) is 2.83. The predicted molar refractivity (Wildman–Crippen MR) is 109 cm³/mol. The third-order valence-corrected chi connectivity index (χ3v) is 4.35. The molecule has 0 radical (unpaired) electrons. The number of hydrogen-bond donors (Lipinski definition) is 1. The maximum Gasteiger partial charge on any atom is 0.270 e. The van der Waals surface area contributed by atoms with Crippen molar-refractivity contribution in [3.05, 3.63) is 58.7 Å². The van der Waals surface area contributed by atoms with Gasteiger partial charge in [0.15, 0.2) is 0 Å². The van der Waals surface area contributed by atoms with Crippen molar-refractivity contribution in [3.8, 4) is 5.75 Å². The fourth-order valence-electron chi connectivity index (χ4n) is 3.11. The van der Waals surface area contributed by atoms with Crippen LogP contribution in [-0.4, -0.2) is 5.91 Å². The third-order valence-electron chi connectivity index (χ3n) is 4.35. The molecule has 152 valence electrons. The first kappa shape index (κ1) is 21.9. The Balaban J connectivity index is 2.15. The Kier molecular flexibility index (Phi) is 6.48. The molecule has 0 bridgehead atoms. The van der Waals surface area contributed by atoms with Gasteiger partial charge in [0.1, 0.15) is 12.4 Å². The maximum absolute atomic E-state index is 13.8. The number of amides is 1. The minimum atomic E-state index is -2.92. The van der Waals surface area contributed by atoms with E-state index in [4.69, 9.17) is 4.74 Å². The third kappa shape index (κ3) is 6.04. The van der Waals surface area contributed by atoms with Crippen LogP contribution >= 0.6 is 0 Å². The smallest absolute Gasteiger partial charge is 0.270 e. The van der Waals surface area contributed by atoms with Gasteiger partial charge in [-0.15, -0.1) is 0 Å². The molecule has 0 aliphatic heterocycles. The Hall–Kier alpha value is -2.43. The topological polar surface area (TPSA) is 38.3 Å². The van der Waals surface area contributed by atoms with Gasteiger partial charge in [-0.05, 0) is 48.1 Å². The lowest BCUT2D eigenvalue weighted by atomic mass is 9.92. The predicted octanol–water partition coefficient (Wildman–Crippen LogP) is 6.37. The molecule has 0 atom stereocenters. The number of nitrogens with one attached hydrogen (secondary N) is 1. The van der Waals surface area contributed by atoms with Crippen molar-refractivity contribution in [1.29, 1.82) is 0 Å². The Morgan fingerprint density at radius 3 is 2.14 bits per heavy atom. The monoisotopic (exact) mass is 389 g/mol. The molecule has 0 aliphatic carbocycles. The Bertz CT molecular complexity index is 825. The Morgan fingerprint density at radius 2 is 1.61 bits per heavy atom. The van der Waals surface area contributed by atoms with E-state index >= 15 is 0 Å². The Labute approximate surface area is 166 Å². The van der Waals surface area contributed by atoms with Crippen LogP contribution in [-0.2, 0) is 17.3 Å². The molecule has 0 heterocycles. The molecule has 0 unspecified atom stereocenters. The number of carbonyl (C=O) groups excluding carboxylic acids is 1. The van der Waals surface area contributed by atoms with Crippen LogP contribution in [0.5, 0.6) is 5.75 Å². The number of benzene rings is 2. The van der Waals surface area contributed by atoms with E-state index in [1.807, 2.05) is 46.8 Å². The van der Waals surface area contributed by atoms with E-state index in [1.165, 1.54) is 6.07 Å². The number of halogens is 2. The number of rotatable bonds is 6. The van der Waals surface area contributed by atoms with E-state index < -0.39 is 5.92 Å². The minimum absolute atomic E-state index is 0.0329. The second-order valence-corrected chi connectivity index (χ2v) is 8.55. The molecule has 3 nitrogen and oxygen atoms in total. The lowest BCUT2D eigenvalue weighted by Gasteiger charge is -2.20. The molecule has 0 fully saturated rings. The molecule has 2 aromatic rings. The van der Waals surface area contributed by atoms with Gasteiger partial charge in [-0.1, -0.05) is 45.0 Å². The van der Waals surface area contributed by atoms with Crippen LogP contribution in [0.4, 0.5) is 14.5 Å². The molecule has 0 aromatic heterocycles. The van der Waals surface area contributed by atoms with Gasteiger partial charge in [0.25, 0.3) is 5.92 Å². The van der Waals surface area contributed by atoms with Crippen molar-refractivity contribution in [2.75, 3.05) is 5.32 Å². The van der Waals surface area contributed by atoms with Crippen LogP contribution in [0, 0.1) is 19.3 Å². The lowest BCUT2D eigenvalue weighted by molar-refractivity contribution is -0.117. The standard InChI is InChI=1S/C23H29F2NO2/c1-15-11-18(12-16(2)21(15)26-20(27)13-22(3,4)5)28-14-17-9-7-8-10-19(17)23(6,24)25/h7-12H,13-14H2,1-6H3,(H,26,27). The van der Waals surface area contributed by atoms with Gasteiger partial charge in [0, 0.05) is 24.6 Å². The number of ether oxygens (including phenoxy) is 1. The lowest BCUT2D eigenvalue weighted by Crippen LogP contribution is -2.20. The normalized spacial score (nSPS) is 12.0. The fraction of sp³-hybridized carbons (Fsp3) is 0.435. The van der Waals surface area contributed by atoms with Crippen LogP contribution in [0.25, 0.3) is 0 Å². The highest BCUT2D eigenvalue weighted by atomic mass is 19.3. The van der Waals surface area contributed by atoms with Crippen molar-refractivity contribution >= 4 is 11.6 Å². The summed E-state index contributed by atoms with van der Waals surface area (Å²) in [6.07, 6.45) is 0.423. The average Bonchev–Trinajstić information content (AvgIpc) is 2.54. The van der Waals surface area contributed by atoms with Gasteiger partial charge >= 0.3 is 0 Å². The zero-order chi connectivity index (χ0) is 21.1. The van der Waals surface area contributed by atoms with Crippen LogP contribution in [0.2, 0.25) is 0 Å². The summed E-state index contributed by atoms with van der Waals surface area (Å²) in [6.45, 7) is 10.8. The summed E-state index contributed by atoms with van der Waals surface area (Å²) in [6, 6.07) is 10.0. The fourth-order valence-corrected chi connectivity index (χ4v) is 3.11. The van der Waals surface area contributed by atoms with Gasteiger partial charge < -0.3 is 10.1 Å². The van der Waals surface area contributed by atoms with Crippen molar-refractivity contribution in [3.63, 3.8) is 0 Å². The highest BCUT2D eigenvalue weighted by Gasteiger charge is 2.27. The van der Waals surface area contributed by atoms with Gasteiger partial charge in [-0.2, -0.15) is 0 Å². The first-order valence-corrected chi connectivity index (χ1v) is 9.37. The summed E-state index contributed by atoms with van der Waals surface area (Å²) < 4.78 is 33.3. The van der Waals surface area contributed by atoms with Crippen LogP contribution in [0.3, 0.4) is 0 Å². The first-order valence-electron chi connectivity index (χ1n) is 9.37. The van der Waals surface area contributed by atoms with Gasteiger partial charge in [0.2, 0.25) is 5.91 Å². The minimum Gasteiger partial charge on any atom is -0.489 e. The SMILES string of the molecule is Cc1cc(OCc2ccccc2C(C)(F)F)cc(C)c1NC(=O)CC(C)(C)C. The highest BCUT2D eigenvalue weighted by molar-refractivity contribution is 5.92. The van der Waals surface area contributed by atoms with E-state index in [2.05, 4.69) is 5.32 Å². The molecule has 0 aliphatic rings. The van der Waals surface area contributed by atoms with Crippen LogP contribution in [0.1, 0.15) is 56.4 Å². The molecular formula is C23H29F2NO2. The summed E-state index contributed by atoms with van der Waals surface area (Å²) in [4.78, 5) is 12.2. The maximum atomic E-state index is 13.8. The molecule has 28 heavy (non-hydrogen) atoms. The summed E-state index contributed by atoms with van der Waals surface area (Å²) in [7, 11) is 0. The van der Waals surface area contributed by atoms with Crippen molar-refractivity contribution in [2.24, 2.45) is 5.41 Å². The van der Waals surface area contributed by atoms with Gasteiger partial charge in [-0.3, -0.25) is 4.79 Å². The second kappa shape index (κ2) is 8.29. The molecule has 0 saturated heterocycles. The van der Waals surface area contributed by atoms with Gasteiger partial charge in [0.05, 0.1) is 0 Å². The van der Waals surface area contributed by atoms with Crippen LogP contribution in [0.15, 0.2) is 36.4 Å². The molecule has 5 heteroatoms. The Morgan fingerprint density at radius 1 is 1.04 bits per heavy atom. The van der Waals surface area contributed by atoms with E-state index in [9.17, 15) is 13.6 Å². The zero-order valence-corrected chi connectivity index (χ0v) is 17.5. The van der Waals surface area contributed by atoms with Gasteiger partial charge in [-0.25, -0.2) is 8.78 Å². The number of hydrogen-bond acceptors (Lipinski definition) is 2. The molecule has 2 aromatic carbocycles. The highest BCUT2D eigenvalue weighted by Crippen LogP contribution is 2.32.